The van der Waals surface area contributed by atoms with E-state index in [9.17, 15) is 4.79 Å². The Morgan fingerprint density at radius 2 is 1.78 bits per heavy atom. The summed E-state index contributed by atoms with van der Waals surface area (Å²) in [6, 6.07) is 19.4. The second kappa shape index (κ2) is 10.3. The van der Waals surface area contributed by atoms with Gasteiger partial charge in [0.15, 0.2) is 0 Å². The van der Waals surface area contributed by atoms with Gasteiger partial charge in [0, 0.05) is 0 Å². The Balaban J connectivity index is 0.00000261. The maximum atomic E-state index is 12.1. The third kappa shape index (κ3) is 5.97. The maximum absolute atomic E-state index is 12.1. The quantitative estimate of drug-likeness (QED) is 0.282. The number of carbonyl (C=O) groups excluding carboxylic acids is 1. The molecule has 0 saturated carbocycles. The topological polar surface area (TPSA) is 73.2 Å². The van der Waals surface area contributed by atoms with Gasteiger partial charge < -0.3 is 12.4 Å². The van der Waals surface area contributed by atoms with E-state index in [0.717, 1.165) is 21.8 Å². The van der Waals surface area contributed by atoms with Crippen molar-refractivity contribution in [2.24, 2.45) is 5.73 Å². The predicted octanol–water partition coefficient (Wildman–Crippen LogP) is -1.21. The van der Waals surface area contributed by atoms with E-state index in [4.69, 9.17) is 5.73 Å². The standard InChI is InChI=1S/C19H18N4OSSe.ClH/c1-14(24)23(17-10-6-3-7-11-17)19-22-16(13-26-19)12-25-18(20)21-15-8-4-2-5-9-15;/h2-11,13H,12H2,1H3,(H2,20,21);1H. The Morgan fingerprint density at radius 3 is 2.41 bits per heavy atom. The van der Waals surface area contributed by atoms with Crippen molar-refractivity contribution >= 4 is 53.4 Å². The molecule has 3 N–H and O–H groups in total. The fraction of sp³-hybridized carbons (Fsp3) is 0.105. The molecule has 0 aliphatic heterocycles. The summed E-state index contributed by atoms with van der Waals surface area (Å²) in [4.78, 5) is 23.7. The summed E-state index contributed by atoms with van der Waals surface area (Å²) in [6.45, 7) is 1.56. The number of benzene rings is 2. The van der Waals surface area contributed by atoms with Crippen LogP contribution in [-0.4, -0.2) is 30.6 Å². The van der Waals surface area contributed by atoms with Gasteiger partial charge in [-0.2, -0.15) is 0 Å². The van der Waals surface area contributed by atoms with Crippen LogP contribution in [0.2, 0.25) is 0 Å². The number of para-hydroxylation sites is 2. The number of amidine groups is 1. The van der Waals surface area contributed by atoms with Crippen LogP contribution in [0.15, 0.2) is 65.6 Å². The molecule has 1 amide bonds. The zero-order valence-corrected chi connectivity index (χ0v) is 17.9. The van der Waals surface area contributed by atoms with Crippen molar-refractivity contribution in [3.05, 3.63) is 71.3 Å². The van der Waals surface area contributed by atoms with Crippen LogP contribution < -0.4 is 28.0 Å². The number of nitrogens with two attached hydrogens (primary N) is 1. The van der Waals surface area contributed by atoms with Crippen LogP contribution in [0, 0.1) is 0 Å². The molecule has 0 unspecified atom stereocenters. The molecule has 140 valence electrons. The molecule has 0 spiro atoms. The van der Waals surface area contributed by atoms with Crippen molar-refractivity contribution in [2.75, 3.05) is 4.90 Å². The van der Waals surface area contributed by atoms with E-state index in [1.54, 1.807) is 11.8 Å². The Morgan fingerprint density at radius 1 is 1.15 bits per heavy atom. The Hall–Kier alpha value is -2.05. The SMILES string of the molecule is CC(=O)N(c1ccccc1)c1nc(CSC(N)=[NH+]c2ccccc2)c[se]1.[Cl-]. The summed E-state index contributed by atoms with van der Waals surface area (Å²) in [7, 11) is 0. The first kappa shape index (κ1) is 21.3. The first-order valence-electron chi connectivity index (χ1n) is 8.01. The van der Waals surface area contributed by atoms with Gasteiger partial charge in [-0.3, -0.25) is 0 Å². The first-order valence-corrected chi connectivity index (χ1v) is 10.8. The number of aromatic nitrogens is 1. The molecule has 1 heterocycles. The van der Waals surface area contributed by atoms with Gasteiger partial charge in [0.2, 0.25) is 0 Å². The summed E-state index contributed by atoms with van der Waals surface area (Å²) >= 11 is 1.53. The summed E-state index contributed by atoms with van der Waals surface area (Å²) in [6.07, 6.45) is 0. The van der Waals surface area contributed by atoms with E-state index < -0.39 is 0 Å². The summed E-state index contributed by atoms with van der Waals surface area (Å²) < 4.78 is 0.807. The molecule has 5 nitrogen and oxygen atoms in total. The number of thioether (sulfide) groups is 1. The molecule has 0 fully saturated rings. The van der Waals surface area contributed by atoms with Gasteiger partial charge in [0.1, 0.15) is 0 Å². The van der Waals surface area contributed by atoms with Gasteiger partial charge in [0.25, 0.3) is 0 Å². The molecule has 0 aliphatic rings. The van der Waals surface area contributed by atoms with Crippen molar-refractivity contribution in [3.63, 3.8) is 0 Å². The van der Waals surface area contributed by atoms with Gasteiger partial charge in [-0.05, 0) is 0 Å². The molecule has 0 saturated heterocycles. The normalized spacial score (nSPS) is 10.9. The third-order valence-corrected chi connectivity index (χ3v) is 6.17. The minimum atomic E-state index is -0.0315. The molecule has 0 bridgehead atoms. The number of halogens is 1. The van der Waals surface area contributed by atoms with Crippen LogP contribution in [0.25, 0.3) is 0 Å². The van der Waals surface area contributed by atoms with Crippen molar-refractivity contribution < 1.29 is 22.2 Å². The van der Waals surface area contributed by atoms with Crippen LogP contribution in [0.3, 0.4) is 0 Å². The number of nitrogens with zero attached hydrogens (tertiary/aromatic N) is 2. The second-order valence-corrected chi connectivity index (χ2v) is 8.23. The van der Waals surface area contributed by atoms with E-state index in [1.807, 2.05) is 60.7 Å². The molecule has 0 aliphatic carbocycles. The molecule has 2 aromatic carbocycles. The monoisotopic (exact) mass is 466 g/mol. The molecular formula is C19H19ClN4OSSe. The maximum Gasteiger partial charge on any atom is -1.00 e. The number of nitrogens with one attached hydrogen (secondary N) is 1. The summed E-state index contributed by atoms with van der Waals surface area (Å²) in [5.41, 5.74) is 8.80. The van der Waals surface area contributed by atoms with Crippen molar-refractivity contribution in [1.29, 1.82) is 0 Å². The van der Waals surface area contributed by atoms with Crippen molar-refractivity contribution in [3.8, 4) is 0 Å². The molecule has 0 atom stereocenters. The fourth-order valence-corrected chi connectivity index (χ4v) is 5.06. The van der Waals surface area contributed by atoms with Gasteiger partial charge in [-0.25, -0.2) is 0 Å². The van der Waals surface area contributed by atoms with Gasteiger partial charge in [-0.1, -0.05) is 0 Å². The molecular weight excluding hydrogens is 447 g/mol. The van der Waals surface area contributed by atoms with E-state index >= 15 is 0 Å². The van der Waals surface area contributed by atoms with Gasteiger partial charge >= 0.3 is 163 Å². The van der Waals surface area contributed by atoms with E-state index in [0.29, 0.717) is 10.9 Å². The Bertz CT molecular complexity index is 902. The van der Waals surface area contributed by atoms with Crippen LogP contribution >= 0.6 is 11.8 Å². The number of amides is 1. The van der Waals surface area contributed by atoms with Crippen LogP contribution in [-0.2, 0) is 10.5 Å². The molecule has 3 aromatic rings. The van der Waals surface area contributed by atoms with Crippen LogP contribution in [0.5, 0.6) is 0 Å². The molecule has 1 aromatic heterocycles. The van der Waals surface area contributed by atoms with Gasteiger partial charge in [0.05, 0.1) is 0 Å². The van der Waals surface area contributed by atoms with Crippen LogP contribution in [0.1, 0.15) is 12.6 Å². The molecule has 3 rings (SSSR count). The van der Waals surface area contributed by atoms with Crippen LogP contribution in [0.4, 0.5) is 16.1 Å². The van der Waals surface area contributed by atoms with E-state index in [1.165, 1.54) is 11.8 Å². The van der Waals surface area contributed by atoms with E-state index in [2.05, 4.69) is 14.9 Å². The zero-order chi connectivity index (χ0) is 18.4. The summed E-state index contributed by atoms with van der Waals surface area (Å²) in [5.74, 6) is 0.633. The average molecular weight is 466 g/mol. The van der Waals surface area contributed by atoms with E-state index in [-0.39, 0.29) is 32.8 Å². The third-order valence-electron chi connectivity index (χ3n) is 3.48. The second-order valence-electron chi connectivity index (χ2n) is 5.46. The van der Waals surface area contributed by atoms with Crippen molar-refractivity contribution in [2.45, 2.75) is 12.7 Å². The van der Waals surface area contributed by atoms with Crippen molar-refractivity contribution in [1.82, 2.24) is 4.98 Å². The van der Waals surface area contributed by atoms with Gasteiger partial charge in [-0.15, -0.1) is 0 Å². The molecule has 0 radical (unpaired) electrons. The number of anilines is 2. The number of rotatable bonds is 5. The largest absolute Gasteiger partial charge is 1.00 e. The fourth-order valence-electron chi connectivity index (χ4n) is 2.32. The smallest absolute Gasteiger partial charge is 1.00 e. The number of carbonyl (C=O) groups is 1. The Labute approximate surface area is 174 Å². The predicted molar refractivity (Wildman–Crippen MR) is 108 cm³/mol. The number of hydrogen-bond acceptors (Lipinski definition) is 3. The minimum absolute atomic E-state index is 0. The minimum Gasteiger partial charge on any atom is -1.00 e. The molecule has 27 heavy (non-hydrogen) atoms. The molecule has 8 heteroatoms. The number of hydrogen-bond donors (Lipinski definition) is 2. The average Bonchev–Trinajstić information content (AvgIpc) is 3.10. The first-order chi connectivity index (χ1) is 12.6. The zero-order valence-electron chi connectivity index (χ0n) is 14.6. The Kier molecular flexibility index (Phi) is 8.13. The summed E-state index contributed by atoms with van der Waals surface area (Å²) in [5, 5.41) is 0.625.